The maximum Gasteiger partial charge on any atom is 0.220 e. The molecular weight excluding hydrogens is 298 g/mol. The summed E-state index contributed by atoms with van der Waals surface area (Å²) in [6.07, 6.45) is 5.35. The minimum atomic E-state index is 0.244. The maximum atomic E-state index is 12.0. The number of rotatable bonds is 7. The number of amides is 1. The van der Waals surface area contributed by atoms with Gasteiger partial charge in [-0.3, -0.25) is 9.69 Å². The molecule has 0 bridgehead atoms. The summed E-state index contributed by atoms with van der Waals surface area (Å²) in [4.78, 5) is 14.5. The Bertz CT molecular complexity index is 491. The summed E-state index contributed by atoms with van der Waals surface area (Å²) >= 11 is 0. The Morgan fingerprint density at radius 1 is 1.12 bits per heavy atom. The normalized spacial score (nSPS) is 22.6. The molecule has 1 unspecified atom stereocenters. The largest absolute Gasteiger partial charge is 0.356 e. The lowest BCUT2D eigenvalue weighted by atomic mass is 9.96. The van der Waals surface area contributed by atoms with Gasteiger partial charge < -0.3 is 10.6 Å². The van der Waals surface area contributed by atoms with Crippen molar-refractivity contribution in [3.63, 3.8) is 0 Å². The lowest BCUT2D eigenvalue weighted by molar-refractivity contribution is -0.121. The molecule has 0 spiro atoms. The zero-order valence-corrected chi connectivity index (χ0v) is 14.7. The fourth-order valence-corrected chi connectivity index (χ4v) is 3.83. The number of piperidine rings is 1. The third-order valence-electron chi connectivity index (χ3n) is 5.49. The van der Waals surface area contributed by atoms with E-state index < -0.39 is 0 Å². The zero-order chi connectivity index (χ0) is 16.6. The highest BCUT2D eigenvalue weighted by Crippen LogP contribution is 2.19. The van der Waals surface area contributed by atoms with Crippen molar-refractivity contribution in [1.29, 1.82) is 0 Å². The van der Waals surface area contributed by atoms with Crippen molar-refractivity contribution < 1.29 is 4.79 Å². The van der Waals surface area contributed by atoms with Gasteiger partial charge in [-0.05, 0) is 69.3 Å². The Kier molecular flexibility index (Phi) is 6.67. The number of carbonyl (C=O) groups is 1. The molecule has 0 saturated carbocycles. The van der Waals surface area contributed by atoms with Gasteiger partial charge in [-0.1, -0.05) is 30.3 Å². The average molecular weight is 329 g/mol. The first-order chi connectivity index (χ1) is 11.8. The molecule has 3 rings (SSSR count). The van der Waals surface area contributed by atoms with Crippen LogP contribution in [0.3, 0.4) is 0 Å². The van der Waals surface area contributed by atoms with E-state index in [1.165, 1.54) is 24.8 Å². The van der Waals surface area contributed by atoms with Crippen LogP contribution in [0.4, 0.5) is 0 Å². The predicted molar refractivity (Wildman–Crippen MR) is 97.7 cm³/mol. The number of nitrogens with one attached hydrogen (secondary N) is 2. The third kappa shape index (κ3) is 5.60. The number of hydrogen-bond donors (Lipinski definition) is 2. The molecule has 0 aromatic heterocycles. The fraction of sp³-hybridized carbons (Fsp3) is 0.650. The van der Waals surface area contributed by atoms with E-state index in [-0.39, 0.29) is 5.91 Å². The van der Waals surface area contributed by atoms with Crippen LogP contribution >= 0.6 is 0 Å². The van der Waals surface area contributed by atoms with Crippen LogP contribution in [-0.4, -0.2) is 43.5 Å². The van der Waals surface area contributed by atoms with Crippen molar-refractivity contribution >= 4 is 5.91 Å². The standard InChI is InChI=1S/C20H31N3O/c24-20(7-6-17-8-11-21-14-17)22-15-18-9-12-23(13-10-18)16-19-4-2-1-3-5-19/h1-5,17-18,21H,6-16H2,(H,22,24). The van der Waals surface area contributed by atoms with E-state index in [4.69, 9.17) is 0 Å². The van der Waals surface area contributed by atoms with E-state index >= 15 is 0 Å². The molecule has 4 heteroatoms. The summed E-state index contributed by atoms with van der Waals surface area (Å²) in [5, 5.41) is 6.53. The average Bonchev–Trinajstić information content (AvgIpc) is 3.14. The number of likely N-dealkylation sites (tertiary alicyclic amines) is 1. The van der Waals surface area contributed by atoms with Crippen molar-refractivity contribution in [3.05, 3.63) is 35.9 Å². The minimum absolute atomic E-state index is 0.244. The SMILES string of the molecule is O=C(CCC1CCNC1)NCC1CCN(Cc2ccccc2)CC1. The molecule has 2 heterocycles. The molecule has 1 aromatic carbocycles. The summed E-state index contributed by atoms with van der Waals surface area (Å²) < 4.78 is 0. The molecule has 2 saturated heterocycles. The molecule has 0 radical (unpaired) electrons. The van der Waals surface area contributed by atoms with Crippen molar-refractivity contribution in [2.45, 2.75) is 38.6 Å². The molecule has 1 aromatic rings. The highest BCUT2D eigenvalue weighted by molar-refractivity contribution is 5.75. The summed E-state index contributed by atoms with van der Waals surface area (Å²) in [6.45, 7) is 6.41. The molecule has 24 heavy (non-hydrogen) atoms. The summed E-state index contributed by atoms with van der Waals surface area (Å²) in [5.41, 5.74) is 1.39. The quantitative estimate of drug-likeness (QED) is 0.807. The van der Waals surface area contributed by atoms with Gasteiger partial charge in [0, 0.05) is 19.5 Å². The second kappa shape index (κ2) is 9.19. The Morgan fingerprint density at radius 3 is 2.62 bits per heavy atom. The first-order valence-corrected chi connectivity index (χ1v) is 9.53. The van der Waals surface area contributed by atoms with E-state index in [0.29, 0.717) is 18.3 Å². The third-order valence-corrected chi connectivity index (χ3v) is 5.49. The van der Waals surface area contributed by atoms with Crippen molar-refractivity contribution in [2.24, 2.45) is 11.8 Å². The fourth-order valence-electron chi connectivity index (χ4n) is 3.83. The lowest BCUT2D eigenvalue weighted by Gasteiger charge is -2.32. The Hall–Kier alpha value is -1.39. The van der Waals surface area contributed by atoms with E-state index in [1.807, 2.05) is 0 Å². The van der Waals surface area contributed by atoms with Crippen LogP contribution in [0, 0.1) is 11.8 Å². The van der Waals surface area contributed by atoms with Crippen LogP contribution in [0.1, 0.15) is 37.7 Å². The number of nitrogens with zero attached hydrogens (tertiary/aromatic N) is 1. The second-order valence-corrected chi connectivity index (χ2v) is 7.41. The van der Waals surface area contributed by atoms with Gasteiger partial charge in [-0.2, -0.15) is 0 Å². The van der Waals surface area contributed by atoms with Crippen LogP contribution in [0.2, 0.25) is 0 Å². The number of carbonyl (C=O) groups excluding carboxylic acids is 1. The van der Waals surface area contributed by atoms with Crippen LogP contribution in [0.25, 0.3) is 0 Å². The van der Waals surface area contributed by atoms with Crippen LogP contribution in [0.15, 0.2) is 30.3 Å². The van der Waals surface area contributed by atoms with Gasteiger partial charge in [0.1, 0.15) is 0 Å². The molecule has 4 nitrogen and oxygen atoms in total. The lowest BCUT2D eigenvalue weighted by Crippen LogP contribution is -2.38. The topological polar surface area (TPSA) is 44.4 Å². The summed E-state index contributed by atoms with van der Waals surface area (Å²) in [5.74, 6) is 1.60. The number of benzene rings is 1. The molecular formula is C20H31N3O. The number of hydrogen-bond acceptors (Lipinski definition) is 3. The summed E-state index contributed by atoms with van der Waals surface area (Å²) in [6, 6.07) is 10.7. The molecule has 132 valence electrons. The maximum absolute atomic E-state index is 12.0. The molecule has 2 fully saturated rings. The van der Waals surface area contributed by atoms with Crippen molar-refractivity contribution in [3.8, 4) is 0 Å². The Labute approximate surface area is 146 Å². The van der Waals surface area contributed by atoms with Gasteiger partial charge in [-0.15, -0.1) is 0 Å². The minimum Gasteiger partial charge on any atom is -0.356 e. The van der Waals surface area contributed by atoms with Gasteiger partial charge >= 0.3 is 0 Å². The monoisotopic (exact) mass is 329 g/mol. The van der Waals surface area contributed by atoms with E-state index in [1.54, 1.807) is 0 Å². The van der Waals surface area contributed by atoms with Crippen molar-refractivity contribution in [1.82, 2.24) is 15.5 Å². The highest BCUT2D eigenvalue weighted by atomic mass is 16.1. The summed E-state index contributed by atoms with van der Waals surface area (Å²) in [7, 11) is 0. The highest BCUT2D eigenvalue weighted by Gasteiger charge is 2.20. The Morgan fingerprint density at radius 2 is 1.92 bits per heavy atom. The van der Waals surface area contributed by atoms with E-state index in [2.05, 4.69) is 45.9 Å². The van der Waals surface area contributed by atoms with Gasteiger partial charge in [0.15, 0.2) is 0 Å². The Balaban J connectivity index is 1.28. The zero-order valence-electron chi connectivity index (χ0n) is 14.7. The van der Waals surface area contributed by atoms with Crippen LogP contribution in [-0.2, 0) is 11.3 Å². The van der Waals surface area contributed by atoms with Crippen LogP contribution in [0.5, 0.6) is 0 Å². The van der Waals surface area contributed by atoms with Gasteiger partial charge in [0.2, 0.25) is 5.91 Å². The smallest absolute Gasteiger partial charge is 0.220 e. The second-order valence-electron chi connectivity index (χ2n) is 7.41. The molecule has 1 atom stereocenters. The molecule has 1 amide bonds. The van der Waals surface area contributed by atoms with Gasteiger partial charge in [0.25, 0.3) is 0 Å². The first-order valence-electron chi connectivity index (χ1n) is 9.53. The molecule has 2 aliphatic heterocycles. The van der Waals surface area contributed by atoms with E-state index in [0.717, 1.165) is 45.7 Å². The van der Waals surface area contributed by atoms with Gasteiger partial charge in [-0.25, -0.2) is 0 Å². The van der Waals surface area contributed by atoms with Crippen LogP contribution < -0.4 is 10.6 Å². The first kappa shape index (κ1) is 17.4. The molecule has 2 aliphatic rings. The van der Waals surface area contributed by atoms with Crippen molar-refractivity contribution in [2.75, 3.05) is 32.7 Å². The predicted octanol–water partition coefficient (Wildman–Crippen LogP) is 2.40. The van der Waals surface area contributed by atoms with Gasteiger partial charge in [0.05, 0.1) is 0 Å². The molecule has 2 N–H and O–H groups in total. The molecule has 0 aliphatic carbocycles. The van der Waals surface area contributed by atoms with E-state index in [9.17, 15) is 4.79 Å².